The molecule has 23 heavy (non-hydrogen) atoms. The van der Waals surface area contributed by atoms with Crippen LogP contribution in [-0.2, 0) is 23.9 Å². The summed E-state index contributed by atoms with van der Waals surface area (Å²) in [6, 6.07) is 0. The average Bonchev–Trinajstić information content (AvgIpc) is 2.53. The maximum Gasteiger partial charge on any atom is 0.305 e. The topological polar surface area (TPSA) is 69.7 Å². The summed E-state index contributed by atoms with van der Waals surface area (Å²) in [5.41, 5.74) is 0. The first-order valence-electron chi connectivity index (χ1n) is 8.25. The van der Waals surface area contributed by atoms with Crippen LogP contribution < -0.4 is 0 Å². The molecule has 0 N–H and O–H groups in total. The molecule has 0 saturated carbocycles. The van der Waals surface area contributed by atoms with E-state index in [1.54, 1.807) is 0 Å². The number of hydrogen-bond donors (Lipinski definition) is 0. The number of halogens is 1. The van der Waals surface area contributed by atoms with E-state index in [-0.39, 0.29) is 24.3 Å². The number of methoxy groups -OCH3 is 2. The fourth-order valence-corrected chi connectivity index (χ4v) is 2.22. The van der Waals surface area contributed by atoms with Crippen molar-refractivity contribution in [1.29, 1.82) is 0 Å². The molecule has 6 heteroatoms. The maximum absolute atomic E-state index is 11.7. The quantitative estimate of drug-likeness (QED) is 0.350. The third-order valence-electron chi connectivity index (χ3n) is 3.63. The largest absolute Gasteiger partial charge is 0.469 e. The van der Waals surface area contributed by atoms with Gasteiger partial charge in [0.05, 0.1) is 14.2 Å². The molecule has 0 rings (SSSR count). The highest BCUT2D eigenvalue weighted by Crippen LogP contribution is 2.10. The number of ketones is 1. The van der Waals surface area contributed by atoms with E-state index in [1.165, 1.54) is 14.2 Å². The molecule has 136 valence electrons. The SMILES string of the molecule is COC(=O)CCCCCCC(=O)CCCCCCC(=O)OC.Cl. The molecule has 0 radical (unpaired) electrons. The van der Waals surface area contributed by atoms with Gasteiger partial charge in [0.2, 0.25) is 0 Å². The lowest BCUT2D eigenvalue weighted by atomic mass is 10.0. The van der Waals surface area contributed by atoms with E-state index >= 15 is 0 Å². The van der Waals surface area contributed by atoms with Gasteiger partial charge in [0, 0.05) is 25.7 Å². The van der Waals surface area contributed by atoms with E-state index in [1.807, 2.05) is 0 Å². The van der Waals surface area contributed by atoms with Crippen LogP contribution >= 0.6 is 12.4 Å². The van der Waals surface area contributed by atoms with E-state index in [0.29, 0.717) is 31.5 Å². The van der Waals surface area contributed by atoms with Gasteiger partial charge < -0.3 is 9.47 Å². The van der Waals surface area contributed by atoms with Crippen LogP contribution in [0.5, 0.6) is 0 Å². The van der Waals surface area contributed by atoms with Crippen molar-refractivity contribution in [2.24, 2.45) is 0 Å². The molecule has 0 saturated heterocycles. The van der Waals surface area contributed by atoms with Crippen molar-refractivity contribution in [2.75, 3.05) is 14.2 Å². The highest BCUT2D eigenvalue weighted by molar-refractivity contribution is 5.85. The van der Waals surface area contributed by atoms with Gasteiger partial charge in [-0.05, 0) is 25.7 Å². The normalized spacial score (nSPS) is 9.83. The Bertz CT molecular complexity index is 301. The Labute approximate surface area is 145 Å². The first kappa shape index (κ1) is 24.2. The minimum absolute atomic E-state index is 0. The van der Waals surface area contributed by atoms with Gasteiger partial charge in [-0.15, -0.1) is 12.4 Å². The molecule has 0 atom stereocenters. The summed E-state index contributed by atoms with van der Waals surface area (Å²) < 4.78 is 9.14. The van der Waals surface area contributed by atoms with E-state index < -0.39 is 0 Å². The molecule has 0 aromatic heterocycles. The van der Waals surface area contributed by atoms with Crippen molar-refractivity contribution in [3.05, 3.63) is 0 Å². The highest BCUT2D eigenvalue weighted by atomic mass is 35.5. The number of Topliss-reactive ketones (excluding diaryl/α,β-unsaturated/α-hetero) is 1. The predicted octanol–water partition coefficient (Wildman–Crippen LogP) is 4.00. The number of carbonyl (C=O) groups is 3. The summed E-state index contributed by atoms with van der Waals surface area (Å²) in [4.78, 5) is 33.5. The first-order valence-corrected chi connectivity index (χ1v) is 8.25. The van der Waals surface area contributed by atoms with Crippen LogP contribution in [0.25, 0.3) is 0 Å². The fraction of sp³-hybridized carbons (Fsp3) is 0.824. The molecular formula is C17H31ClO5. The van der Waals surface area contributed by atoms with Crippen LogP contribution in [0, 0.1) is 0 Å². The lowest BCUT2D eigenvalue weighted by Gasteiger charge is -2.03. The lowest BCUT2D eigenvalue weighted by Crippen LogP contribution is -2.00. The van der Waals surface area contributed by atoms with Crippen LogP contribution in [-0.4, -0.2) is 31.9 Å². The molecule has 0 bridgehead atoms. The van der Waals surface area contributed by atoms with Gasteiger partial charge in [-0.3, -0.25) is 14.4 Å². The van der Waals surface area contributed by atoms with Crippen molar-refractivity contribution < 1.29 is 23.9 Å². The van der Waals surface area contributed by atoms with Crippen LogP contribution in [0.15, 0.2) is 0 Å². The predicted molar refractivity (Wildman–Crippen MR) is 91.7 cm³/mol. The Morgan fingerprint density at radius 3 is 1.17 bits per heavy atom. The number of hydrogen-bond acceptors (Lipinski definition) is 5. The van der Waals surface area contributed by atoms with E-state index in [2.05, 4.69) is 9.47 Å². The standard InChI is InChI=1S/C17H30O5.ClH/c1-21-16(19)13-9-5-3-7-11-15(18)12-8-4-6-10-14-17(20)22-2;/h3-14H2,1-2H3;1H. The molecule has 0 aliphatic heterocycles. The monoisotopic (exact) mass is 350 g/mol. The van der Waals surface area contributed by atoms with E-state index in [0.717, 1.165) is 51.4 Å². The summed E-state index contributed by atoms with van der Waals surface area (Å²) >= 11 is 0. The van der Waals surface area contributed by atoms with Gasteiger partial charge in [-0.25, -0.2) is 0 Å². The van der Waals surface area contributed by atoms with Crippen LogP contribution in [0.3, 0.4) is 0 Å². The Kier molecular flexibility index (Phi) is 18.1. The van der Waals surface area contributed by atoms with E-state index in [9.17, 15) is 14.4 Å². The molecule has 0 aromatic rings. The summed E-state index contributed by atoms with van der Waals surface area (Å²) in [7, 11) is 2.80. The van der Waals surface area contributed by atoms with Gasteiger partial charge in [0.25, 0.3) is 0 Å². The summed E-state index contributed by atoms with van der Waals surface area (Å²) in [6.45, 7) is 0. The van der Waals surface area contributed by atoms with Crippen molar-refractivity contribution >= 4 is 30.1 Å². The van der Waals surface area contributed by atoms with Gasteiger partial charge in [-0.1, -0.05) is 25.7 Å². The van der Waals surface area contributed by atoms with Crippen molar-refractivity contribution in [3.8, 4) is 0 Å². The number of unbranched alkanes of at least 4 members (excludes halogenated alkanes) is 6. The molecule has 0 aromatic carbocycles. The smallest absolute Gasteiger partial charge is 0.305 e. The number of carbonyl (C=O) groups excluding carboxylic acids is 3. The zero-order valence-electron chi connectivity index (χ0n) is 14.4. The van der Waals surface area contributed by atoms with Crippen LogP contribution in [0.1, 0.15) is 77.0 Å². The lowest BCUT2D eigenvalue weighted by molar-refractivity contribution is -0.141. The number of ether oxygens (including phenoxy) is 2. The van der Waals surface area contributed by atoms with Crippen LogP contribution in [0.4, 0.5) is 0 Å². The Hall–Kier alpha value is -1.10. The zero-order chi connectivity index (χ0) is 16.6. The first-order chi connectivity index (χ1) is 10.6. The molecule has 0 aliphatic carbocycles. The summed E-state index contributed by atoms with van der Waals surface area (Å²) in [6.07, 6.45) is 9.61. The van der Waals surface area contributed by atoms with Crippen molar-refractivity contribution in [3.63, 3.8) is 0 Å². The molecule has 5 nitrogen and oxygen atoms in total. The minimum Gasteiger partial charge on any atom is -0.469 e. The second-order valence-corrected chi connectivity index (χ2v) is 5.52. The maximum atomic E-state index is 11.7. The fourth-order valence-electron chi connectivity index (χ4n) is 2.22. The third kappa shape index (κ3) is 17.1. The van der Waals surface area contributed by atoms with Crippen LogP contribution in [0.2, 0.25) is 0 Å². The summed E-state index contributed by atoms with van der Waals surface area (Å²) in [5, 5.41) is 0. The van der Waals surface area contributed by atoms with Crippen molar-refractivity contribution in [2.45, 2.75) is 77.0 Å². The molecule has 0 heterocycles. The third-order valence-corrected chi connectivity index (χ3v) is 3.63. The second-order valence-electron chi connectivity index (χ2n) is 5.52. The van der Waals surface area contributed by atoms with Gasteiger partial charge in [0.1, 0.15) is 5.78 Å². The van der Waals surface area contributed by atoms with Gasteiger partial charge in [-0.2, -0.15) is 0 Å². The molecule has 0 spiro atoms. The average molecular weight is 351 g/mol. The minimum atomic E-state index is -0.164. The number of esters is 2. The Morgan fingerprint density at radius 1 is 0.565 bits per heavy atom. The van der Waals surface area contributed by atoms with E-state index in [4.69, 9.17) is 0 Å². The highest BCUT2D eigenvalue weighted by Gasteiger charge is 2.04. The number of rotatable bonds is 14. The second kappa shape index (κ2) is 17.3. The zero-order valence-corrected chi connectivity index (χ0v) is 15.3. The molecule has 0 unspecified atom stereocenters. The molecule has 0 amide bonds. The van der Waals surface area contributed by atoms with Crippen molar-refractivity contribution in [1.82, 2.24) is 0 Å². The Morgan fingerprint density at radius 2 is 0.870 bits per heavy atom. The molecule has 0 aliphatic rings. The molecular weight excluding hydrogens is 320 g/mol. The Balaban J connectivity index is 0. The van der Waals surface area contributed by atoms with Gasteiger partial charge >= 0.3 is 11.9 Å². The molecule has 0 fully saturated rings. The van der Waals surface area contributed by atoms with Gasteiger partial charge in [0.15, 0.2) is 0 Å². The summed E-state index contributed by atoms with van der Waals surface area (Å²) in [5.74, 6) is -0.00696.